The monoisotopic (exact) mass is 400 g/mol. The smallest absolute Gasteiger partial charge is 0.258 e. The van der Waals surface area contributed by atoms with Crippen molar-refractivity contribution in [2.45, 2.75) is 46.3 Å². The Kier molecular flexibility index (Phi) is 5.50. The number of benzene rings is 1. The van der Waals surface area contributed by atoms with Crippen LogP contribution in [0.1, 0.15) is 43.3 Å². The molecule has 0 saturated carbocycles. The molecular weight excluding hydrogens is 376 g/mol. The van der Waals surface area contributed by atoms with Crippen LogP contribution in [0.2, 0.25) is 5.02 Å². The van der Waals surface area contributed by atoms with Crippen molar-refractivity contribution in [2.75, 3.05) is 7.11 Å². The van der Waals surface area contributed by atoms with E-state index in [9.17, 15) is 5.11 Å². The Morgan fingerprint density at radius 2 is 1.82 bits per heavy atom. The van der Waals surface area contributed by atoms with Gasteiger partial charge in [-0.1, -0.05) is 23.7 Å². The highest BCUT2D eigenvalue weighted by atomic mass is 35.5. The molecule has 0 saturated heterocycles. The van der Waals surface area contributed by atoms with Gasteiger partial charge in [0, 0.05) is 22.3 Å². The SMILES string of the molecule is COc1nc2ccc([C@](C)(O)c3ccc(C)nc3C)cc2c(Cl)c1OC(C)C. The summed E-state index contributed by atoms with van der Waals surface area (Å²) in [5, 5.41) is 12.4. The number of rotatable bonds is 5. The van der Waals surface area contributed by atoms with Gasteiger partial charge in [-0.25, -0.2) is 4.98 Å². The highest BCUT2D eigenvalue weighted by molar-refractivity contribution is 6.37. The molecule has 28 heavy (non-hydrogen) atoms. The molecule has 0 amide bonds. The summed E-state index contributed by atoms with van der Waals surface area (Å²) in [5.74, 6) is 0.737. The summed E-state index contributed by atoms with van der Waals surface area (Å²) in [6.45, 7) is 9.40. The Morgan fingerprint density at radius 1 is 1.11 bits per heavy atom. The first-order chi connectivity index (χ1) is 13.1. The molecule has 0 aliphatic carbocycles. The zero-order chi connectivity index (χ0) is 20.6. The first-order valence-electron chi connectivity index (χ1n) is 9.16. The lowest BCUT2D eigenvalue weighted by molar-refractivity contribution is 0.101. The zero-order valence-electron chi connectivity index (χ0n) is 17.0. The summed E-state index contributed by atoms with van der Waals surface area (Å²) in [6.07, 6.45) is -0.0850. The highest BCUT2D eigenvalue weighted by Gasteiger charge is 2.29. The van der Waals surface area contributed by atoms with Crippen LogP contribution in [0.3, 0.4) is 0 Å². The number of aryl methyl sites for hydroxylation is 2. The van der Waals surface area contributed by atoms with E-state index in [4.69, 9.17) is 21.1 Å². The van der Waals surface area contributed by atoms with Gasteiger partial charge in [0.1, 0.15) is 5.60 Å². The topological polar surface area (TPSA) is 64.5 Å². The fraction of sp³-hybridized carbons (Fsp3) is 0.364. The number of halogens is 1. The van der Waals surface area contributed by atoms with Gasteiger partial charge in [-0.3, -0.25) is 4.98 Å². The molecule has 2 heterocycles. The predicted octanol–water partition coefficient (Wildman–Crippen LogP) is 4.95. The van der Waals surface area contributed by atoms with Crippen LogP contribution in [-0.4, -0.2) is 28.3 Å². The quantitative estimate of drug-likeness (QED) is 0.656. The van der Waals surface area contributed by atoms with Gasteiger partial charge in [0.05, 0.1) is 23.8 Å². The molecule has 3 aromatic rings. The average Bonchev–Trinajstić information content (AvgIpc) is 2.62. The summed E-state index contributed by atoms with van der Waals surface area (Å²) < 4.78 is 11.2. The minimum absolute atomic E-state index is 0.0850. The summed E-state index contributed by atoms with van der Waals surface area (Å²) in [5.41, 5.74) is 2.56. The largest absolute Gasteiger partial charge is 0.484 e. The third kappa shape index (κ3) is 3.64. The third-order valence-electron chi connectivity index (χ3n) is 4.71. The maximum Gasteiger partial charge on any atom is 0.258 e. The van der Waals surface area contributed by atoms with E-state index in [-0.39, 0.29) is 6.10 Å². The van der Waals surface area contributed by atoms with Crippen molar-refractivity contribution in [3.8, 4) is 11.6 Å². The number of hydrogen-bond donors (Lipinski definition) is 1. The van der Waals surface area contributed by atoms with E-state index in [1.165, 1.54) is 7.11 Å². The fourth-order valence-electron chi connectivity index (χ4n) is 3.32. The number of nitrogens with zero attached hydrogens (tertiary/aromatic N) is 2. The van der Waals surface area contributed by atoms with E-state index in [1.807, 2.05) is 58.0 Å². The molecule has 0 unspecified atom stereocenters. The predicted molar refractivity (Wildman–Crippen MR) is 111 cm³/mol. The number of ether oxygens (including phenoxy) is 2. The molecule has 0 fully saturated rings. The van der Waals surface area contributed by atoms with Crippen LogP contribution in [-0.2, 0) is 5.60 Å². The zero-order valence-corrected chi connectivity index (χ0v) is 17.8. The first kappa shape index (κ1) is 20.4. The van der Waals surface area contributed by atoms with E-state index in [2.05, 4.69) is 9.97 Å². The molecule has 0 aliphatic heterocycles. The lowest BCUT2D eigenvalue weighted by atomic mass is 9.86. The molecule has 6 heteroatoms. The Hall–Kier alpha value is -2.37. The standard InChI is InChI=1S/C22H25ClN2O3/c1-12(2)28-20-19(23)16-11-15(8-10-18(16)25-21(20)27-6)22(5,26)17-9-7-13(3)24-14(17)4/h7-12,26H,1-6H3/t22-/m0/s1. The van der Waals surface area contributed by atoms with Gasteiger partial charge in [0.25, 0.3) is 5.88 Å². The number of hydrogen-bond acceptors (Lipinski definition) is 5. The number of aliphatic hydroxyl groups is 1. The molecule has 2 aromatic heterocycles. The summed E-state index contributed by atoms with van der Waals surface area (Å²) in [7, 11) is 1.53. The van der Waals surface area contributed by atoms with Crippen molar-refractivity contribution in [2.24, 2.45) is 0 Å². The Labute approximate surface area is 170 Å². The van der Waals surface area contributed by atoms with E-state index in [0.29, 0.717) is 33.1 Å². The van der Waals surface area contributed by atoms with Crippen LogP contribution in [0.5, 0.6) is 11.6 Å². The fourth-order valence-corrected chi connectivity index (χ4v) is 3.60. The number of aromatic nitrogens is 2. The molecular formula is C22H25ClN2O3. The lowest BCUT2D eigenvalue weighted by Gasteiger charge is -2.26. The van der Waals surface area contributed by atoms with Gasteiger partial charge in [0.2, 0.25) is 5.75 Å². The minimum atomic E-state index is -1.23. The van der Waals surface area contributed by atoms with Gasteiger partial charge >= 0.3 is 0 Å². The Balaban J connectivity index is 2.19. The summed E-state index contributed by atoms with van der Waals surface area (Å²) in [6, 6.07) is 9.31. The van der Waals surface area contributed by atoms with Crippen LogP contribution in [0, 0.1) is 13.8 Å². The Morgan fingerprint density at radius 3 is 2.43 bits per heavy atom. The van der Waals surface area contributed by atoms with Crippen molar-refractivity contribution >= 4 is 22.5 Å². The molecule has 148 valence electrons. The van der Waals surface area contributed by atoms with Crippen molar-refractivity contribution in [3.63, 3.8) is 0 Å². The van der Waals surface area contributed by atoms with Crippen molar-refractivity contribution < 1.29 is 14.6 Å². The second-order valence-electron chi connectivity index (χ2n) is 7.32. The van der Waals surface area contributed by atoms with E-state index in [1.54, 1.807) is 6.92 Å². The minimum Gasteiger partial charge on any atom is -0.484 e. The van der Waals surface area contributed by atoms with Crippen LogP contribution in [0.15, 0.2) is 30.3 Å². The molecule has 0 bridgehead atoms. The average molecular weight is 401 g/mol. The second-order valence-corrected chi connectivity index (χ2v) is 7.70. The van der Waals surface area contributed by atoms with E-state index < -0.39 is 5.60 Å². The van der Waals surface area contributed by atoms with Crippen molar-refractivity contribution in [3.05, 3.63) is 57.9 Å². The van der Waals surface area contributed by atoms with Gasteiger partial charge in [-0.05, 0) is 58.4 Å². The van der Waals surface area contributed by atoms with Crippen LogP contribution < -0.4 is 9.47 Å². The van der Waals surface area contributed by atoms with Gasteiger partial charge in [-0.2, -0.15) is 0 Å². The molecule has 3 rings (SSSR count). The summed E-state index contributed by atoms with van der Waals surface area (Å²) in [4.78, 5) is 8.99. The maximum absolute atomic E-state index is 11.3. The summed E-state index contributed by atoms with van der Waals surface area (Å²) >= 11 is 6.65. The third-order valence-corrected chi connectivity index (χ3v) is 5.08. The molecule has 1 atom stereocenters. The van der Waals surface area contributed by atoms with Gasteiger partial charge in [-0.15, -0.1) is 0 Å². The van der Waals surface area contributed by atoms with Gasteiger partial charge in [0.15, 0.2) is 0 Å². The van der Waals surface area contributed by atoms with Crippen LogP contribution in [0.4, 0.5) is 0 Å². The van der Waals surface area contributed by atoms with Crippen molar-refractivity contribution in [1.82, 2.24) is 9.97 Å². The van der Waals surface area contributed by atoms with Crippen molar-refractivity contribution in [1.29, 1.82) is 0 Å². The van der Waals surface area contributed by atoms with E-state index >= 15 is 0 Å². The molecule has 0 aliphatic rings. The second kappa shape index (κ2) is 7.57. The van der Waals surface area contributed by atoms with E-state index in [0.717, 1.165) is 17.0 Å². The molecule has 0 radical (unpaired) electrons. The molecule has 1 N–H and O–H groups in total. The van der Waals surface area contributed by atoms with Crippen LogP contribution >= 0.6 is 11.6 Å². The maximum atomic E-state index is 11.3. The number of methoxy groups -OCH3 is 1. The lowest BCUT2D eigenvalue weighted by Crippen LogP contribution is -2.24. The first-order valence-corrected chi connectivity index (χ1v) is 9.54. The van der Waals surface area contributed by atoms with Gasteiger partial charge < -0.3 is 14.6 Å². The molecule has 0 spiro atoms. The van der Waals surface area contributed by atoms with Crippen LogP contribution in [0.25, 0.3) is 10.9 Å². The normalized spacial score (nSPS) is 13.6. The Bertz CT molecular complexity index is 1030. The number of pyridine rings is 2. The highest BCUT2D eigenvalue weighted by Crippen LogP contribution is 2.41. The molecule has 5 nitrogen and oxygen atoms in total. The molecule has 1 aromatic carbocycles. The number of fused-ring (bicyclic) bond motifs is 1.